The Morgan fingerprint density at radius 2 is 2.18 bits per heavy atom. The lowest BCUT2D eigenvalue weighted by atomic mass is 9.97. The molecule has 5 nitrogen and oxygen atoms in total. The molecule has 0 saturated carbocycles. The predicted molar refractivity (Wildman–Crippen MR) is 75.3 cm³/mol. The monoisotopic (exact) mass is 338 g/mol. The Morgan fingerprint density at radius 1 is 1.50 bits per heavy atom. The number of nitrogens with zero attached hydrogens (tertiary/aromatic N) is 3. The van der Waals surface area contributed by atoms with E-state index in [1.807, 2.05) is 0 Å². The molecule has 9 heteroatoms. The zero-order chi connectivity index (χ0) is 16.5. The summed E-state index contributed by atoms with van der Waals surface area (Å²) in [4.78, 5) is 16.5. The molecule has 2 heterocycles. The number of piperidine rings is 1. The number of aromatic nitrogens is 2. The molecule has 1 N–H and O–H groups in total. The Balaban J connectivity index is 2.16. The fourth-order valence-electron chi connectivity index (χ4n) is 2.75. The Labute approximate surface area is 131 Å². The van der Waals surface area contributed by atoms with Gasteiger partial charge in [-0.05, 0) is 12.8 Å². The van der Waals surface area contributed by atoms with Crippen molar-refractivity contribution in [3.8, 4) is 0 Å². The van der Waals surface area contributed by atoms with Crippen LogP contribution in [-0.2, 0) is 18.4 Å². The predicted octanol–water partition coefficient (Wildman–Crippen LogP) is 2.10. The van der Waals surface area contributed by atoms with Gasteiger partial charge in [0.2, 0.25) is 5.91 Å². The Kier molecular flexibility index (Phi) is 5.01. The lowest BCUT2D eigenvalue weighted by Gasteiger charge is -2.40. The van der Waals surface area contributed by atoms with Crippen LogP contribution in [0.25, 0.3) is 0 Å². The molecule has 2 atom stereocenters. The first-order chi connectivity index (χ1) is 10.2. The maximum atomic E-state index is 13.2. The molecular formula is C13H18ClF3N4O. The van der Waals surface area contributed by atoms with Crippen LogP contribution in [0.4, 0.5) is 13.2 Å². The van der Waals surface area contributed by atoms with E-state index in [0.29, 0.717) is 17.4 Å². The second-order valence-corrected chi connectivity index (χ2v) is 5.91. The third-order valence-electron chi connectivity index (χ3n) is 3.84. The molecule has 0 unspecified atom stereocenters. The molecule has 0 bridgehead atoms. The van der Waals surface area contributed by atoms with Crippen LogP contribution in [0.1, 0.15) is 25.6 Å². The van der Waals surface area contributed by atoms with Crippen LogP contribution in [0.2, 0.25) is 5.15 Å². The van der Waals surface area contributed by atoms with E-state index in [1.54, 1.807) is 11.6 Å². The van der Waals surface area contributed by atoms with E-state index in [2.05, 4.69) is 10.3 Å². The van der Waals surface area contributed by atoms with Gasteiger partial charge in [0.25, 0.3) is 0 Å². The van der Waals surface area contributed by atoms with Crippen molar-refractivity contribution in [2.24, 2.45) is 7.05 Å². The molecule has 1 aliphatic rings. The van der Waals surface area contributed by atoms with Gasteiger partial charge in [-0.3, -0.25) is 9.69 Å². The van der Waals surface area contributed by atoms with Gasteiger partial charge in [-0.1, -0.05) is 11.6 Å². The summed E-state index contributed by atoms with van der Waals surface area (Å²) in [6.07, 6.45) is -2.64. The summed E-state index contributed by atoms with van der Waals surface area (Å²) in [6.45, 7) is 1.52. The molecule has 1 saturated heterocycles. The van der Waals surface area contributed by atoms with Gasteiger partial charge in [-0.2, -0.15) is 13.2 Å². The first-order valence-corrected chi connectivity index (χ1v) is 7.30. The molecule has 0 spiro atoms. The highest BCUT2D eigenvalue weighted by Gasteiger charge is 2.46. The smallest absolute Gasteiger partial charge is 0.352 e. The molecule has 1 aromatic rings. The van der Waals surface area contributed by atoms with Crippen molar-refractivity contribution < 1.29 is 18.0 Å². The van der Waals surface area contributed by atoms with Crippen molar-refractivity contribution in [2.45, 2.75) is 44.6 Å². The quantitative estimate of drug-likeness (QED) is 0.918. The van der Waals surface area contributed by atoms with Crippen molar-refractivity contribution >= 4 is 17.5 Å². The molecule has 1 amide bonds. The minimum absolute atomic E-state index is 0.0312. The van der Waals surface area contributed by atoms with Gasteiger partial charge >= 0.3 is 6.18 Å². The molecule has 2 rings (SSSR count). The molecule has 0 aromatic carbocycles. The van der Waals surface area contributed by atoms with Crippen LogP contribution in [0, 0.1) is 0 Å². The highest BCUT2D eigenvalue weighted by atomic mass is 35.5. The fraction of sp³-hybridized carbons (Fsp3) is 0.692. The van der Waals surface area contributed by atoms with E-state index in [9.17, 15) is 18.0 Å². The van der Waals surface area contributed by atoms with Crippen molar-refractivity contribution in [1.82, 2.24) is 19.8 Å². The molecule has 1 fully saturated rings. The van der Waals surface area contributed by atoms with E-state index < -0.39 is 12.2 Å². The Hall–Kier alpha value is -1.28. The maximum Gasteiger partial charge on any atom is 0.404 e. The zero-order valence-electron chi connectivity index (χ0n) is 12.3. The summed E-state index contributed by atoms with van der Waals surface area (Å²) in [5.74, 6) is 0.221. The summed E-state index contributed by atoms with van der Waals surface area (Å²) in [6, 6.07) is -1.82. The standard InChI is InChI=1S/C13H18ClF3N4O/c1-8(22)19-9-3-4-10(13(15,16)17)21(6-9)7-12-18-5-11(14)20(12)2/h5,9-10H,3-4,6-7H2,1-2H3,(H,19,22)/t9-,10+/m0/s1. The fourth-order valence-corrected chi connectivity index (χ4v) is 2.89. The van der Waals surface area contributed by atoms with Crippen LogP contribution in [-0.4, -0.2) is 45.2 Å². The molecular weight excluding hydrogens is 321 g/mol. The van der Waals surface area contributed by atoms with Gasteiger partial charge in [-0.25, -0.2) is 4.98 Å². The number of hydrogen-bond acceptors (Lipinski definition) is 3. The summed E-state index contributed by atoms with van der Waals surface area (Å²) in [7, 11) is 1.66. The topological polar surface area (TPSA) is 50.2 Å². The largest absolute Gasteiger partial charge is 0.404 e. The summed E-state index contributed by atoms with van der Waals surface area (Å²) in [5.41, 5.74) is 0. The number of rotatable bonds is 3. The van der Waals surface area contributed by atoms with Crippen molar-refractivity contribution in [2.75, 3.05) is 6.54 Å². The zero-order valence-corrected chi connectivity index (χ0v) is 13.1. The average molecular weight is 339 g/mol. The number of nitrogens with one attached hydrogen (secondary N) is 1. The van der Waals surface area contributed by atoms with Crippen LogP contribution in [0.15, 0.2) is 6.20 Å². The Bertz CT molecular complexity index is 546. The molecule has 1 aromatic heterocycles. The van der Waals surface area contributed by atoms with E-state index in [0.717, 1.165) is 0 Å². The van der Waals surface area contributed by atoms with Crippen molar-refractivity contribution in [1.29, 1.82) is 0 Å². The van der Waals surface area contributed by atoms with Gasteiger partial charge in [0.05, 0.1) is 12.7 Å². The van der Waals surface area contributed by atoms with Gasteiger partial charge in [0.15, 0.2) is 0 Å². The number of amides is 1. The summed E-state index contributed by atoms with van der Waals surface area (Å²) < 4.78 is 41.2. The number of halogens is 4. The van der Waals surface area contributed by atoms with Crippen molar-refractivity contribution in [3.63, 3.8) is 0 Å². The number of likely N-dealkylation sites (tertiary alicyclic amines) is 1. The van der Waals surface area contributed by atoms with Gasteiger partial charge < -0.3 is 9.88 Å². The lowest BCUT2D eigenvalue weighted by molar-refractivity contribution is -0.194. The van der Waals surface area contributed by atoms with E-state index >= 15 is 0 Å². The summed E-state index contributed by atoms with van der Waals surface area (Å²) >= 11 is 5.87. The third-order valence-corrected chi connectivity index (χ3v) is 4.19. The number of carbonyl (C=O) groups excluding carboxylic acids is 1. The average Bonchev–Trinajstić information content (AvgIpc) is 2.69. The molecule has 22 heavy (non-hydrogen) atoms. The second-order valence-electron chi connectivity index (χ2n) is 5.52. The number of carbonyl (C=O) groups is 1. The normalized spacial score (nSPS) is 23.5. The minimum Gasteiger partial charge on any atom is -0.352 e. The van der Waals surface area contributed by atoms with Gasteiger partial charge in [0.1, 0.15) is 17.0 Å². The van der Waals surface area contributed by atoms with E-state index in [-0.39, 0.29) is 31.5 Å². The second kappa shape index (κ2) is 6.45. The first-order valence-electron chi connectivity index (χ1n) is 6.92. The van der Waals surface area contributed by atoms with Gasteiger partial charge in [-0.15, -0.1) is 0 Å². The van der Waals surface area contributed by atoms with Crippen LogP contribution in [0.5, 0.6) is 0 Å². The molecule has 124 valence electrons. The van der Waals surface area contributed by atoms with Crippen molar-refractivity contribution in [3.05, 3.63) is 17.2 Å². The third kappa shape index (κ3) is 3.92. The van der Waals surface area contributed by atoms with E-state index in [4.69, 9.17) is 11.6 Å². The Morgan fingerprint density at radius 3 is 2.68 bits per heavy atom. The first kappa shape index (κ1) is 17.1. The van der Waals surface area contributed by atoms with Gasteiger partial charge in [0, 0.05) is 26.6 Å². The lowest BCUT2D eigenvalue weighted by Crippen LogP contribution is -2.55. The summed E-state index contributed by atoms with van der Waals surface area (Å²) in [5, 5.41) is 3.06. The number of hydrogen-bond donors (Lipinski definition) is 1. The molecule has 0 radical (unpaired) electrons. The number of alkyl halides is 3. The van der Waals surface area contributed by atoms with Crippen LogP contribution in [0.3, 0.4) is 0 Å². The minimum atomic E-state index is -4.31. The SMILES string of the molecule is CC(=O)N[C@H]1CC[C@H](C(F)(F)F)N(Cc2ncc(Cl)n2C)C1. The molecule has 1 aliphatic heterocycles. The highest BCUT2D eigenvalue weighted by molar-refractivity contribution is 6.29. The highest BCUT2D eigenvalue weighted by Crippen LogP contribution is 2.33. The van der Waals surface area contributed by atoms with Crippen LogP contribution < -0.4 is 5.32 Å². The van der Waals surface area contributed by atoms with E-state index in [1.165, 1.54) is 18.0 Å². The maximum absolute atomic E-state index is 13.2. The van der Waals surface area contributed by atoms with Crippen LogP contribution >= 0.6 is 11.6 Å². The number of imidazole rings is 1. The molecule has 0 aliphatic carbocycles.